The number of nitrogens with zero attached hydrogens (tertiary/aromatic N) is 2. The topological polar surface area (TPSA) is 57.3 Å². The van der Waals surface area contributed by atoms with Gasteiger partial charge in [-0.05, 0) is 24.5 Å². The first-order valence-electron chi connectivity index (χ1n) is 7.04. The normalized spacial score (nSPS) is 16.6. The van der Waals surface area contributed by atoms with Gasteiger partial charge in [-0.25, -0.2) is 4.79 Å². The van der Waals surface area contributed by atoms with Crippen molar-refractivity contribution in [2.45, 2.75) is 25.4 Å². The number of hydrogen-bond donors (Lipinski definition) is 2. The summed E-state index contributed by atoms with van der Waals surface area (Å²) in [6, 6.07) is 3.98. The van der Waals surface area contributed by atoms with E-state index in [9.17, 15) is 4.79 Å². The third-order valence-electron chi connectivity index (χ3n) is 3.49. The minimum absolute atomic E-state index is 0.101. The number of hydrogen-bond acceptors (Lipinski definition) is 3. The van der Waals surface area contributed by atoms with Crippen molar-refractivity contribution < 1.29 is 4.79 Å². The molecule has 1 aromatic rings. The predicted octanol–water partition coefficient (Wildman–Crippen LogP) is 1.53. The first-order chi connectivity index (χ1) is 9.78. The number of carbonyl (C=O) groups excluding carboxylic acids is 1. The van der Waals surface area contributed by atoms with Gasteiger partial charge in [0.1, 0.15) is 0 Å². The molecule has 20 heavy (non-hydrogen) atoms. The van der Waals surface area contributed by atoms with E-state index in [1.807, 2.05) is 18.2 Å². The van der Waals surface area contributed by atoms with E-state index in [4.69, 9.17) is 0 Å². The molecule has 0 aromatic carbocycles. The molecule has 2 heterocycles. The second-order valence-corrected chi connectivity index (χ2v) is 5.05. The highest BCUT2D eigenvalue weighted by Gasteiger charge is 2.19. The molecule has 1 aliphatic rings. The van der Waals surface area contributed by atoms with Crippen molar-refractivity contribution in [3.63, 3.8) is 0 Å². The number of amides is 2. The largest absolute Gasteiger partial charge is 0.335 e. The Morgan fingerprint density at radius 1 is 1.50 bits per heavy atom. The van der Waals surface area contributed by atoms with Crippen LogP contribution < -0.4 is 10.6 Å². The van der Waals surface area contributed by atoms with E-state index in [2.05, 4.69) is 27.1 Å². The molecular formula is C15H22N4O. The Labute approximate surface area is 120 Å². The van der Waals surface area contributed by atoms with Crippen molar-refractivity contribution >= 4 is 6.03 Å². The van der Waals surface area contributed by atoms with Gasteiger partial charge in [-0.15, -0.1) is 6.58 Å². The summed E-state index contributed by atoms with van der Waals surface area (Å²) in [5, 5.41) is 5.89. The van der Waals surface area contributed by atoms with Gasteiger partial charge in [-0.2, -0.15) is 0 Å². The van der Waals surface area contributed by atoms with Crippen LogP contribution in [0.2, 0.25) is 0 Å². The van der Waals surface area contributed by atoms with E-state index in [0.29, 0.717) is 6.54 Å². The van der Waals surface area contributed by atoms with Crippen molar-refractivity contribution in [1.82, 2.24) is 20.5 Å². The lowest BCUT2D eigenvalue weighted by Gasteiger charge is -2.31. The van der Waals surface area contributed by atoms with Crippen LogP contribution in [0, 0.1) is 0 Å². The lowest BCUT2D eigenvalue weighted by atomic mass is 10.1. The Morgan fingerprint density at radius 2 is 2.30 bits per heavy atom. The Kier molecular flexibility index (Phi) is 5.55. The summed E-state index contributed by atoms with van der Waals surface area (Å²) in [6.45, 7) is 7.22. The standard InChI is InChI=1S/C15H22N4O/c1-2-8-19-9-5-14(6-10-19)18-15(20)17-12-13-4-3-7-16-11-13/h2-4,7,11,14H,1,5-6,8-10,12H2,(H2,17,18,20). The second-order valence-electron chi connectivity index (χ2n) is 5.05. The monoisotopic (exact) mass is 274 g/mol. The van der Waals surface area contributed by atoms with E-state index < -0.39 is 0 Å². The van der Waals surface area contributed by atoms with Gasteiger partial charge in [0.25, 0.3) is 0 Å². The molecule has 5 nitrogen and oxygen atoms in total. The van der Waals surface area contributed by atoms with E-state index in [1.54, 1.807) is 12.4 Å². The lowest BCUT2D eigenvalue weighted by molar-refractivity contribution is 0.204. The Bertz CT molecular complexity index is 427. The molecule has 0 bridgehead atoms. The van der Waals surface area contributed by atoms with Crippen molar-refractivity contribution in [1.29, 1.82) is 0 Å². The smallest absolute Gasteiger partial charge is 0.315 e. The highest BCUT2D eigenvalue weighted by Crippen LogP contribution is 2.09. The molecule has 2 N–H and O–H groups in total. The molecule has 0 spiro atoms. The van der Waals surface area contributed by atoms with Crippen LogP contribution in [0.3, 0.4) is 0 Å². The molecule has 2 rings (SSSR count). The van der Waals surface area contributed by atoms with E-state index in [0.717, 1.165) is 38.0 Å². The molecule has 1 aromatic heterocycles. The maximum atomic E-state index is 11.8. The Balaban J connectivity index is 1.66. The fraction of sp³-hybridized carbons (Fsp3) is 0.467. The van der Waals surface area contributed by atoms with Gasteiger partial charge in [0, 0.05) is 44.6 Å². The van der Waals surface area contributed by atoms with Gasteiger partial charge >= 0.3 is 6.03 Å². The lowest BCUT2D eigenvalue weighted by Crippen LogP contribution is -2.47. The maximum absolute atomic E-state index is 11.8. The number of likely N-dealkylation sites (tertiary alicyclic amines) is 1. The zero-order valence-corrected chi connectivity index (χ0v) is 11.7. The molecule has 0 aliphatic carbocycles. The quantitative estimate of drug-likeness (QED) is 0.801. The average Bonchev–Trinajstić information content (AvgIpc) is 2.49. The molecule has 0 radical (unpaired) electrons. The second kappa shape index (κ2) is 7.65. The van der Waals surface area contributed by atoms with Crippen LogP contribution >= 0.6 is 0 Å². The first-order valence-corrected chi connectivity index (χ1v) is 7.04. The SMILES string of the molecule is C=CCN1CCC(NC(=O)NCc2cccnc2)CC1. The van der Waals surface area contributed by atoms with Gasteiger partial charge < -0.3 is 10.6 Å². The molecule has 108 valence electrons. The van der Waals surface area contributed by atoms with Crippen molar-refractivity contribution in [2.24, 2.45) is 0 Å². The minimum Gasteiger partial charge on any atom is -0.335 e. The maximum Gasteiger partial charge on any atom is 0.315 e. The van der Waals surface area contributed by atoms with Crippen LogP contribution in [0.5, 0.6) is 0 Å². The summed E-state index contributed by atoms with van der Waals surface area (Å²) in [6.07, 6.45) is 7.39. The van der Waals surface area contributed by atoms with E-state index in [-0.39, 0.29) is 12.1 Å². The molecule has 2 amide bonds. The highest BCUT2D eigenvalue weighted by atomic mass is 16.2. The third-order valence-corrected chi connectivity index (χ3v) is 3.49. The fourth-order valence-electron chi connectivity index (χ4n) is 2.36. The van der Waals surface area contributed by atoms with Crippen LogP contribution in [0.15, 0.2) is 37.2 Å². The molecule has 1 saturated heterocycles. The molecule has 1 aliphatic heterocycles. The number of aromatic nitrogens is 1. The zero-order chi connectivity index (χ0) is 14.2. The minimum atomic E-state index is -0.101. The van der Waals surface area contributed by atoms with Gasteiger partial charge in [-0.3, -0.25) is 9.88 Å². The third kappa shape index (κ3) is 4.66. The molecule has 0 saturated carbocycles. The Morgan fingerprint density at radius 3 is 2.95 bits per heavy atom. The van der Waals surface area contributed by atoms with E-state index in [1.165, 1.54) is 0 Å². The summed E-state index contributed by atoms with van der Waals surface area (Å²) < 4.78 is 0. The number of nitrogens with one attached hydrogen (secondary N) is 2. The summed E-state index contributed by atoms with van der Waals surface area (Å²) >= 11 is 0. The van der Waals surface area contributed by atoms with Gasteiger partial charge in [0.05, 0.1) is 0 Å². The van der Waals surface area contributed by atoms with Crippen molar-refractivity contribution in [3.8, 4) is 0 Å². The summed E-state index contributed by atoms with van der Waals surface area (Å²) in [7, 11) is 0. The van der Waals surface area contributed by atoms with Gasteiger partial charge in [0.2, 0.25) is 0 Å². The zero-order valence-electron chi connectivity index (χ0n) is 11.7. The van der Waals surface area contributed by atoms with Gasteiger partial charge in [0.15, 0.2) is 0 Å². The van der Waals surface area contributed by atoms with Gasteiger partial charge in [-0.1, -0.05) is 12.1 Å². The summed E-state index contributed by atoms with van der Waals surface area (Å²) in [5.74, 6) is 0. The fourth-order valence-corrected chi connectivity index (χ4v) is 2.36. The van der Waals surface area contributed by atoms with Crippen LogP contribution in [0.4, 0.5) is 4.79 Å². The number of pyridine rings is 1. The first kappa shape index (κ1) is 14.5. The molecule has 1 fully saturated rings. The highest BCUT2D eigenvalue weighted by molar-refractivity contribution is 5.74. The molecule has 0 unspecified atom stereocenters. The van der Waals surface area contributed by atoms with E-state index >= 15 is 0 Å². The van der Waals surface area contributed by atoms with Crippen LogP contribution in [0.25, 0.3) is 0 Å². The molecule has 0 atom stereocenters. The van der Waals surface area contributed by atoms with Crippen molar-refractivity contribution in [2.75, 3.05) is 19.6 Å². The molecule has 5 heteroatoms. The predicted molar refractivity (Wildman–Crippen MR) is 79.3 cm³/mol. The summed E-state index contributed by atoms with van der Waals surface area (Å²) in [4.78, 5) is 18.2. The number of carbonyl (C=O) groups is 1. The molecular weight excluding hydrogens is 252 g/mol. The average molecular weight is 274 g/mol. The Hall–Kier alpha value is -1.88. The number of rotatable bonds is 5. The van der Waals surface area contributed by atoms with Crippen LogP contribution in [-0.2, 0) is 6.54 Å². The van der Waals surface area contributed by atoms with Crippen LogP contribution in [-0.4, -0.2) is 41.6 Å². The number of urea groups is 1. The van der Waals surface area contributed by atoms with Crippen molar-refractivity contribution in [3.05, 3.63) is 42.7 Å². The number of piperidine rings is 1. The summed E-state index contributed by atoms with van der Waals surface area (Å²) in [5.41, 5.74) is 1.00. The van der Waals surface area contributed by atoms with Crippen LogP contribution in [0.1, 0.15) is 18.4 Å².